The number of nitro groups is 1. The number of benzene rings is 1. The van der Waals surface area contributed by atoms with Gasteiger partial charge in [-0.15, -0.1) is 0 Å². The Kier molecular flexibility index (Phi) is 5.42. The molecule has 0 heterocycles. The van der Waals surface area contributed by atoms with Crippen molar-refractivity contribution >= 4 is 5.69 Å². The van der Waals surface area contributed by atoms with Gasteiger partial charge in [0.1, 0.15) is 5.82 Å². The second kappa shape index (κ2) is 6.61. The Morgan fingerprint density at radius 1 is 1.37 bits per heavy atom. The van der Waals surface area contributed by atoms with E-state index in [4.69, 9.17) is 0 Å². The molecule has 106 valence electrons. The van der Waals surface area contributed by atoms with Crippen molar-refractivity contribution < 1.29 is 9.31 Å². The van der Waals surface area contributed by atoms with Gasteiger partial charge >= 0.3 is 0 Å². The van der Waals surface area contributed by atoms with Gasteiger partial charge in [-0.25, -0.2) is 4.39 Å². The summed E-state index contributed by atoms with van der Waals surface area (Å²) in [5.74, 6) is 0.135. The zero-order valence-electron chi connectivity index (χ0n) is 11.8. The van der Waals surface area contributed by atoms with Crippen molar-refractivity contribution in [3.63, 3.8) is 0 Å². The number of nitrogens with one attached hydrogen (secondary N) is 1. The molecule has 0 aromatic heterocycles. The molecule has 0 amide bonds. The normalized spacial score (nSPS) is 14.4. The molecule has 5 heteroatoms. The van der Waals surface area contributed by atoms with Crippen LogP contribution in [0.5, 0.6) is 0 Å². The first-order valence-corrected chi connectivity index (χ1v) is 6.46. The third-order valence-corrected chi connectivity index (χ3v) is 3.65. The van der Waals surface area contributed by atoms with Crippen molar-refractivity contribution in [3.8, 4) is 0 Å². The number of hydrogen-bond acceptors (Lipinski definition) is 3. The predicted molar refractivity (Wildman–Crippen MR) is 73.6 cm³/mol. The number of halogens is 1. The third-order valence-electron chi connectivity index (χ3n) is 3.65. The van der Waals surface area contributed by atoms with Gasteiger partial charge in [-0.05, 0) is 44.4 Å². The molecule has 1 aromatic carbocycles. The molecule has 1 N–H and O–H groups in total. The summed E-state index contributed by atoms with van der Waals surface area (Å²) in [6, 6.07) is 3.86. The largest absolute Gasteiger partial charge is 0.317 e. The summed E-state index contributed by atoms with van der Waals surface area (Å²) in [7, 11) is 1.86. The van der Waals surface area contributed by atoms with Crippen LogP contribution in [-0.4, -0.2) is 18.0 Å². The Hall–Kier alpha value is -1.49. The summed E-state index contributed by atoms with van der Waals surface area (Å²) in [6.07, 6.45) is 0.494. The van der Waals surface area contributed by atoms with E-state index < -0.39 is 10.7 Å². The zero-order valence-corrected chi connectivity index (χ0v) is 11.8. The van der Waals surface area contributed by atoms with Gasteiger partial charge in [0, 0.05) is 17.7 Å². The molecule has 0 saturated carbocycles. The average Bonchev–Trinajstić information content (AvgIpc) is 2.34. The van der Waals surface area contributed by atoms with E-state index >= 15 is 0 Å². The Morgan fingerprint density at radius 3 is 2.47 bits per heavy atom. The van der Waals surface area contributed by atoms with Crippen molar-refractivity contribution in [1.29, 1.82) is 0 Å². The fraction of sp³-hybridized carbons (Fsp3) is 0.571. The highest BCUT2D eigenvalue weighted by Crippen LogP contribution is 2.27. The maximum atomic E-state index is 13.3. The lowest BCUT2D eigenvalue weighted by molar-refractivity contribution is -0.385. The molecule has 0 radical (unpaired) electrons. The van der Waals surface area contributed by atoms with Gasteiger partial charge < -0.3 is 5.32 Å². The van der Waals surface area contributed by atoms with Crippen molar-refractivity contribution in [2.24, 2.45) is 11.8 Å². The van der Waals surface area contributed by atoms with E-state index in [0.717, 1.165) is 6.07 Å². The number of rotatable bonds is 6. The van der Waals surface area contributed by atoms with Crippen molar-refractivity contribution in [2.45, 2.75) is 33.2 Å². The van der Waals surface area contributed by atoms with Crippen LogP contribution in [0.3, 0.4) is 0 Å². The zero-order chi connectivity index (χ0) is 14.6. The van der Waals surface area contributed by atoms with Crippen LogP contribution >= 0.6 is 0 Å². The summed E-state index contributed by atoms with van der Waals surface area (Å²) in [5, 5.41) is 14.2. The molecule has 0 aliphatic heterocycles. The fourth-order valence-corrected chi connectivity index (χ4v) is 2.35. The predicted octanol–water partition coefficient (Wildman–Crippen LogP) is 3.16. The van der Waals surface area contributed by atoms with Crippen LogP contribution in [0.2, 0.25) is 0 Å². The van der Waals surface area contributed by atoms with E-state index in [9.17, 15) is 14.5 Å². The van der Waals surface area contributed by atoms with Gasteiger partial charge in [0.15, 0.2) is 0 Å². The van der Waals surface area contributed by atoms with Crippen LogP contribution in [0.1, 0.15) is 26.3 Å². The molecule has 2 unspecified atom stereocenters. The van der Waals surface area contributed by atoms with Crippen molar-refractivity contribution in [3.05, 3.63) is 39.7 Å². The van der Waals surface area contributed by atoms with Crippen LogP contribution in [-0.2, 0) is 6.42 Å². The third kappa shape index (κ3) is 3.99. The van der Waals surface area contributed by atoms with Crippen LogP contribution in [0.4, 0.5) is 10.1 Å². The lowest BCUT2D eigenvalue weighted by Crippen LogP contribution is -2.35. The molecular formula is C14H21FN2O2. The summed E-state index contributed by atoms with van der Waals surface area (Å²) in [5.41, 5.74) is 0.459. The molecule has 1 rings (SSSR count). The molecule has 0 aliphatic rings. The van der Waals surface area contributed by atoms with Crippen LogP contribution in [0.15, 0.2) is 18.2 Å². The minimum Gasteiger partial charge on any atom is -0.317 e. The fourth-order valence-electron chi connectivity index (χ4n) is 2.35. The lowest BCUT2D eigenvalue weighted by Gasteiger charge is -2.27. The first-order chi connectivity index (χ1) is 8.86. The van der Waals surface area contributed by atoms with Gasteiger partial charge in [0.05, 0.1) is 4.92 Å². The summed E-state index contributed by atoms with van der Waals surface area (Å²) in [6.45, 7) is 6.18. The van der Waals surface area contributed by atoms with E-state index in [-0.39, 0.29) is 17.6 Å². The monoisotopic (exact) mass is 268 g/mol. The topological polar surface area (TPSA) is 55.2 Å². The lowest BCUT2D eigenvalue weighted by atomic mass is 9.83. The second-order valence-corrected chi connectivity index (χ2v) is 5.22. The van der Waals surface area contributed by atoms with E-state index in [1.165, 1.54) is 12.1 Å². The van der Waals surface area contributed by atoms with E-state index in [1.54, 1.807) is 0 Å². The van der Waals surface area contributed by atoms with E-state index in [2.05, 4.69) is 19.2 Å². The van der Waals surface area contributed by atoms with Crippen molar-refractivity contribution in [2.75, 3.05) is 7.05 Å². The van der Waals surface area contributed by atoms with Crippen LogP contribution in [0, 0.1) is 27.8 Å². The Bertz CT molecular complexity index is 449. The Morgan fingerprint density at radius 2 is 2.00 bits per heavy atom. The highest BCUT2D eigenvalue weighted by molar-refractivity contribution is 5.40. The smallest absolute Gasteiger partial charge is 0.272 e. The molecule has 4 nitrogen and oxygen atoms in total. The molecule has 1 aromatic rings. The standard InChI is InChI=1S/C14H21FN2O2/c1-9(2)13(10(3)16-4)8-11-7-12(15)5-6-14(11)17(18)19/h5-7,9-10,13,16H,8H2,1-4H3. The van der Waals surface area contributed by atoms with Crippen LogP contribution < -0.4 is 5.32 Å². The number of nitro benzene ring substituents is 1. The van der Waals surface area contributed by atoms with Crippen LogP contribution in [0.25, 0.3) is 0 Å². The molecule has 2 atom stereocenters. The summed E-state index contributed by atoms with van der Waals surface area (Å²) >= 11 is 0. The number of nitrogens with zero attached hydrogens (tertiary/aromatic N) is 1. The average molecular weight is 268 g/mol. The van der Waals surface area contributed by atoms with E-state index in [1.807, 2.05) is 14.0 Å². The van der Waals surface area contributed by atoms with E-state index in [0.29, 0.717) is 17.9 Å². The highest BCUT2D eigenvalue weighted by atomic mass is 19.1. The second-order valence-electron chi connectivity index (χ2n) is 5.22. The molecule has 0 fully saturated rings. The van der Waals surface area contributed by atoms with Gasteiger partial charge in [0.2, 0.25) is 0 Å². The van der Waals surface area contributed by atoms with Crippen molar-refractivity contribution in [1.82, 2.24) is 5.32 Å². The molecule has 0 spiro atoms. The first kappa shape index (κ1) is 15.6. The summed E-state index contributed by atoms with van der Waals surface area (Å²) in [4.78, 5) is 10.5. The summed E-state index contributed by atoms with van der Waals surface area (Å²) < 4.78 is 13.3. The molecule has 19 heavy (non-hydrogen) atoms. The molecule has 0 saturated heterocycles. The van der Waals surface area contributed by atoms with Gasteiger partial charge in [-0.3, -0.25) is 10.1 Å². The SMILES string of the molecule is CNC(C)C(Cc1cc(F)ccc1[N+](=O)[O-])C(C)C. The van der Waals surface area contributed by atoms with Gasteiger partial charge in [0.25, 0.3) is 5.69 Å². The molecular weight excluding hydrogens is 247 g/mol. The molecule has 0 bridgehead atoms. The van der Waals surface area contributed by atoms with Gasteiger partial charge in [-0.1, -0.05) is 13.8 Å². The van der Waals surface area contributed by atoms with Gasteiger partial charge in [-0.2, -0.15) is 0 Å². The highest BCUT2D eigenvalue weighted by Gasteiger charge is 2.24. The number of hydrogen-bond donors (Lipinski definition) is 1. The quantitative estimate of drug-likeness (QED) is 0.637. The minimum absolute atomic E-state index is 0.00430. The maximum absolute atomic E-state index is 13.3. The Labute approximate surface area is 113 Å². The Balaban J connectivity index is 3.08. The minimum atomic E-state index is -0.448. The maximum Gasteiger partial charge on any atom is 0.272 e. The first-order valence-electron chi connectivity index (χ1n) is 6.46. The molecule has 0 aliphatic carbocycles.